The van der Waals surface area contributed by atoms with Gasteiger partial charge in [0.05, 0.1) is 12.6 Å². The van der Waals surface area contributed by atoms with Crippen molar-refractivity contribution in [3.63, 3.8) is 0 Å². The number of pyridine rings is 1. The minimum absolute atomic E-state index is 0.0975. The summed E-state index contributed by atoms with van der Waals surface area (Å²) in [5.41, 5.74) is 9.39. The molecule has 1 saturated carbocycles. The highest BCUT2D eigenvalue weighted by Crippen LogP contribution is 2.42. The number of aromatic nitrogens is 1. The van der Waals surface area contributed by atoms with E-state index in [1.54, 1.807) is 4.90 Å². The third kappa shape index (κ3) is 3.54. The van der Waals surface area contributed by atoms with E-state index in [9.17, 15) is 13.6 Å². The Morgan fingerprint density at radius 3 is 2.80 bits per heavy atom. The summed E-state index contributed by atoms with van der Waals surface area (Å²) in [6, 6.07) is 8.05. The second-order valence-electron chi connectivity index (χ2n) is 8.67. The number of hydrogen-bond acceptors (Lipinski definition) is 4. The first-order chi connectivity index (χ1) is 14.5. The number of nitrogens with one attached hydrogen (secondary N) is 3. The van der Waals surface area contributed by atoms with E-state index in [-0.39, 0.29) is 36.6 Å². The molecule has 1 aromatic carbocycles. The summed E-state index contributed by atoms with van der Waals surface area (Å²) < 4.78 is 27.3. The lowest BCUT2D eigenvalue weighted by molar-refractivity contribution is 0.0957. The fourth-order valence-corrected chi connectivity index (χ4v) is 5.23. The Bertz CT molecular complexity index is 970. The van der Waals surface area contributed by atoms with Crippen LogP contribution in [0, 0.1) is 30.4 Å². The maximum absolute atomic E-state index is 14.1. The molecule has 2 aromatic rings. The topological polar surface area (TPSA) is 69.3 Å². The summed E-state index contributed by atoms with van der Waals surface area (Å²) >= 11 is 0. The smallest absolute Gasteiger partial charge is 0.317 e. The highest BCUT2D eigenvalue weighted by atomic mass is 19.1. The summed E-state index contributed by atoms with van der Waals surface area (Å²) in [6.45, 7) is 2.70. The number of carbonyl (C=O) groups is 1. The summed E-state index contributed by atoms with van der Waals surface area (Å²) in [4.78, 5) is 18.6. The van der Waals surface area contributed by atoms with Crippen molar-refractivity contribution in [3.8, 4) is 0 Å². The Morgan fingerprint density at radius 2 is 2.00 bits per heavy atom. The van der Waals surface area contributed by atoms with Crippen molar-refractivity contribution in [1.29, 1.82) is 0 Å². The van der Waals surface area contributed by atoms with E-state index >= 15 is 0 Å². The molecule has 158 valence electrons. The van der Waals surface area contributed by atoms with E-state index in [1.165, 1.54) is 17.7 Å². The molecule has 8 heteroatoms. The van der Waals surface area contributed by atoms with Crippen LogP contribution < -0.4 is 16.2 Å². The van der Waals surface area contributed by atoms with Gasteiger partial charge in [-0.25, -0.2) is 19.0 Å². The maximum Gasteiger partial charge on any atom is 0.317 e. The average molecular weight is 413 g/mol. The van der Waals surface area contributed by atoms with Crippen molar-refractivity contribution < 1.29 is 13.6 Å². The lowest BCUT2D eigenvalue weighted by atomic mass is 9.71. The number of hydrogen-bond donors (Lipinski definition) is 3. The number of fused-ring (bicyclic) bond motifs is 2. The highest BCUT2D eigenvalue weighted by molar-refractivity contribution is 5.75. The second-order valence-corrected chi connectivity index (χ2v) is 8.67. The van der Waals surface area contributed by atoms with Gasteiger partial charge < -0.3 is 10.2 Å². The number of benzene rings is 1. The van der Waals surface area contributed by atoms with Gasteiger partial charge in [-0.2, -0.15) is 0 Å². The Balaban J connectivity index is 1.32. The number of amides is 2. The van der Waals surface area contributed by atoms with Crippen molar-refractivity contribution >= 4 is 6.03 Å². The molecule has 5 unspecified atom stereocenters. The quantitative estimate of drug-likeness (QED) is 0.724. The molecule has 0 radical (unpaired) electrons. The fraction of sp³-hybridized carbons (Fsp3) is 0.455. The van der Waals surface area contributed by atoms with Crippen LogP contribution in [0.3, 0.4) is 0 Å². The van der Waals surface area contributed by atoms with Crippen LogP contribution in [0.4, 0.5) is 13.6 Å². The van der Waals surface area contributed by atoms with Gasteiger partial charge in [-0.1, -0.05) is 6.07 Å². The zero-order valence-electron chi connectivity index (χ0n) is 16.7. The molecule has 0 spiro atoms. The van der Waals surface area contributed by atoms with Gasteiger partial charge in [0.1, 0.15) is 11.6 Å². The minimum atomic E-state index is -0.619. The molecule has 1 aliphatic carbocycles. The van der Waals surface area contributed by atoms with Gasteiger partial charge in [0.15, 0.2) is 0 Å². The standard InChI is InChI=1S/C22H25F2N5O/c1-12-6-13(4-5-25-12)21-17-7-15-11-29(10-14-2-3-16(23)8-18(14)24)22(30)26-19(15)9-20(17)27-28-21/h2-6,8,15,17,19-21,27-28H,7,9-11H2,1H3,(H,26,30). The summed E-state index contributed by atoms with van der Waals surface area (Å²) in [7, 11) is 0. The van der Waals surface area contributed by atoms with Crippen molar-refractivity contribution in [1.82, 2.24) is 26.1 Å². The van der Waals surface area contributed by atoms with Crippen molar-refractivity contribution in [2.45, 2.75) is 44.4 Å². The Morgan fingerprint density at radius 1 is 1.13 bits per heavy atom. The molecule has 1 aromatic heterocycles. The van der Waals surface area contributed by atoms with Gasteiger partial charge in [-0.15, -0.1) is 0 Å². The molecule has 30 heavy (non-hydrogen) atoms. The molecule has 2 saturated heterocycles. The minimum Gasteiger partial charge on any atom is -0.335 e. The summed E-state index contributed by atoms with van der Waals surface area (Å²) in [5.74, 6) is -0.561. The van der Waals surface area contributed by atoms with E-state index < -0.39 is 11.6 Å². The number of nitrogens with zero attached hydrogens (tertiary/aromatic N) is 2. The van der Waals surface area contributed by atoms with Crippen LogP contribution in [0.25, 0.3) is 0 Å². The molecule has 3 heterocycles. The average Bonchev–Trinajstić information content (AvgIpc) is 3.11. The molecule has 3 N–H and O–H groups in total. The molecule has 6 nitrogen and oxygen atoms in total. The first kappa shape index (κ1) is 19.4. The maximum atomic E-state index is 14.1. The number of urea groups is 1. The number of carbonyl (C=O) groups excluding carboxylic acids is 1. The van der Waals surface area contributed by atoms with E-state index in [2.05, 4.69) is 27.2 Å². The van der Waals surface area contributed by atoms with Gasteiger partial charge in [0, 0.05) is 42.1 Å². The fourth-order valence-electron chi connectivity index (χ4n) is 5.23. The number of rotatable bonds is 3. The van der Waals surface area contributed by atoms with Gasteiger partial charge >= 0.3 is 6.03 Å². The van der Waals surface area contributed by atoms with Gasteiger partial charge in [-0.3, -0.25) is 10.4 Å². The predicted octanol–water partition coefficient (Wildman–Crippen LogP) is 2.81. The first-order valence-corrected chi connectivity index (χ1v) is 10.4. The van der Waals surface area contributed by atoms with Gasteiger partial charge in [0.25, 0.3) is 0 Å². The van der Waals surface area contributed by atoms with E-state index in [0.29, 0.717) is 18.0 Å². The lowest BCUT2D eigenvalue weighted by Crippen LogP contribution is -2.60. The first-order valence-electron chi connectivity index (χ1n) is 10.4. The van der Waals surface area contributed by atoms with E-state index in [0.717, 1.165) is 24.6 Å². The molecule has 3 aliphatic rings. The zero-order chi connectivity index (χ0) is 20.8. The molecule has 5 rings (SSSR count). The number of halogens is 2. The molecule has 0 bridgehead atoms. The monoisotopic (exact) mass is 413 g/mol. The normalized spacial score (nSPS) is 30.6. The second kappa shape index (κ2) is 7.59. The van der Waals surface area contributed by atoms with Crippen LogP contribution in [0.15, 0.2) is 36.5 Å². The van der Waals surface area contributed by atoms with E-state index in [4.69, 9.17) is 0 Å². The zero-order valence-corrected chi connectivity index (χ0v) is 16.7. The lowest BCUT2D eigenvalue weighted by Gasteiger charge is -2.45. The van der Waals surface area contributed by atoms with Crippen LogP contribution in [0.5, 0.6) is 0 Å². The third-order valence-corrected chi connectivity index (χ3v) is 6.73. The van der Waals surface area contributed by atoms with Crippen LogP contribution in [-0.4, -0.2) is 34.5 Å². The van der Waals surface area contributed by atoms with Crippen LogP contribution >= 0.6 is 0 Å². The number of aryl methyl sites for hydroxylation is 1. The van der Waals surface area contributed by atoms with Crippen molar-refractivity contribution in [2.24, 2.45) is 11.8 Å². The van der Waals surface area contributed by atoms with E-state index in [1.807, 2.05) is 19.2 Å². The Kier molecular flexibility index (Phi) is 4.91. The molecular formula is C22H25F2N5O. The third-order valence-electron chi connectivity index (χ3n) is 6.73. The molecule has 5 atom stereocenters. The Hall–Kier alpha value is -2.58. The summed E-state index contributed by atoms with van der Waals surface area (Å²) in [6.07, 6.45) is 3.64. The van der Waals surface area contributed by atoms with Crippen LogP contribution in [0.2, 0.25) is 0 Å². The molecule has 2 amide bonds. The van der Waals surface area contributed by atoms with Crippen molar-refractivity contribution in [3.05, 3.63) is 65.0 Å². The molecular weight excluding hydrogens is 388 g/mol. The summed E-state index contributed by atoms with van der Waals surface area (Å²) in [5, 5.41) is 3.11. The van der Waals surface area contributed by atoms with Gasteiger partial charge in [-0.05, 0) is 55.4 Å². The molecule has 2 aliphatic heterocycles. The van der Waals surface area contributed by atoms with Gasteiger partial charge in [0.2, 0.25) is 0 Å². The largest absolute Gasteiger partial charge is 0.335 e. The van der Waals surface area contributed by atoms with Crippen LogP contribution in [0.1, 0.15) is 35.7 Å². The highest BCUT2D eigenvalue weighted by Gasteiger charge is 2.47. The molecule has 3 fully saturated rings. The SMILES string of the molecule is Cc1cc(C2NNC3CC4NC(=O)N(Cc5ccc(F)cc5F)CC4CC32)ccn1. The predicted molar refractivity (Wildman–Crippen MR) is 107 cm³/mol. The van der Waals surface area contributed by atoms with Crippen molar-refractivity contribution in [2.75, 3.05) is 6.54 Å². The number of hydrazine groups is 1. The Labute approximate surface area is 174 Å². The van der Waals surface area contributed by atoms with Crippen LogP contribution in [-0.2, 0) is 6.54 Å².